The minimum absolute atomic E-state index is 0.0634. The van der Waals surface area contributed by atoms with E-state index in [0.717, 1.165) is 6.07 Å². The summed E-state index contributed by atoms with van der Waals surface area (Å²) in [5.74, 6) is -0.862. The maximum Gasteiger partial charge on any atom is 0.272 e. The number of methoxy groups -OCH3 is 1. The highest BCUT2D eigenvalue weighted by Crippen LogP contribution is 2.28. The highest BCUT2D eigenvalue weighted by atomic mass is 19.1. The number of non-ortho nitro benzene ring substituents is 1. The standard InChI is InChI=1S/C10H12FNO4/c1-6(13)3-7-4-8(12(14)15)5-9(11)10(7)16-2/h4-6,13H,3H2,1-2H3. The fraction of sp³-hybridized carbons (Fsp3) is 0.400. The largest absolute Gasteiger partial charge is 0.493 e. The molecule has 0 aliphatic carbocycles. The fourth-order valence-electron chi connectivity index (χ4n) is 1.44. The molecule has 5 nitrogen and oxygen atoms in total. The van der Waals surface area contributed by atoms with Gasteiger partial charge in [-0.3, -0.25) is 10.1 Å². The van der Waals surface area contributed by atoms with E-state index in [-0.39, 0.29) is 23.4 Å². The average molecular weight is 229 g/mol. The van der Waals surface area contributed by atoms with E-state index in [1.165, 1.54) is 20.1 Å². The van der Waals surface area contributed by atoms with Crippen LogP contribution in [0.3, 0.4) is 0 Å². The van der Waals surface area contributed by atoms with Crippen molar-refractivity contribution in [2.75, 3.05) is 7.11 Å². The first-order chi connectivity index (χ1) is 7.45. The third-order valence-corrected chi connectivity index (χ3v) is 2.04. The smallest absolute Gasteiger partial charge is 0.272 e. The predicted octanol–water partition coefficient (Wildman–Crippen LogP) is 1.67. The van der Waals surface area contributed by atoms with Gasteiger partial charge in [0.1, 0.15) is 0 Å². The van der Waals surface area contributed by atoms with Crippen molar-refractivity contribution in [3.63, 3.8) is 0 Å². The molecule has 0 radical (unpaired) electrons. The molecule has 0 saturated carbocycles. The lowest BCUT2D eigenvalue weighted by molar-refractivity contribution is -0.385. The highest BCUT2D eigenvalue weighted by molar-refractivity contribution is 5.45. The molecule has 0 aliphatic heterocycles. The maximum atomic E-state index is 13.4. The summed E-state index contributed by atoms with van der Waals surface area (Å²) in [5.41, 5.74) is -0.0712. The molecular weight excluding hydrogens is 217 g/mol. The van der Waals surface area contributed by atoms with Gasteiger partial charge in [-0.15, -0.1) is 0 Å². The Hall–Kier alpha value is -1.69. The number of nitro groups is 1. The first kappa shape index (κ1) is 12.4. The summed E-state index contributed by atoms with van der Waals surface area (Å²) in [4.78, 5) is 9.84. The number of rotatable bonds is 4. The van der Waals surface area contributed by atoms with Gasteiger partial charge in [0.25, 0.3) is 5.69 Å². The van der Waals surface area contributed by atoms with Gasteiger partial charge in [0.05, 0.1) is 24.2 Å². The van der Waals surface area contributed by atoms with E-state index in [1.807, 2.05) is 0 Å². The Morgan fingerprint density at radius 3 is 2.69 bits per heavy atom. The van der Waals surface area contributed by atoms with Gasteiger partial charge in [-0.2, -0.15) is 0 Å². The third-order valence-electron chi connectivity index (χ3n) is 2.04. The monoisotopic (exact) mass is 229 g/mol. The van der Waals surface area contributed by atoms with Gasteiger partial charge in [-0.05, 0) is 6.92 Å². The van der Waals surface area contributed by atoms with Crippen LogP contribution < -0.4 is 4.74 Å². The van der Waals surface area contributed by atoms with Crippen LogP contribution in [-0.2, 0) is 6.42 Å². The lowest BCUT2D eigenvalue weighted by atomic mass is 10.1. The van der Waals surface area contributed by atoms with Gasteiger partial charge in [0.2, 0.25) is 0 Å². The predicted molar refractivity (Wildman–Crippen MR) is 55.0 cm³/mol. The minimum atomic E-state index is -0.799. The van der Waals surface area contributed by atoms with E-state index >= 15 is 0 Å². The van der Waals surface area contributed by atoms with E-state index in [2.05, 4.69) is 0 Å². The van der Waals surface area contributed by atoms with Crippen molar-refractivity contribution in [2.24, 2.45) is 0 Å². The maximum absolute atomic E-state index is 13.4. The van der Waals surface area contributed by atoms with Gasteiger partial charge >= 0.3 is 0 Å². The lowest BCUT2D eigenvalue weighted by Gasteiger charge is -2.10. The van der Waals surface area contributed by atoms with Crippen molar-refractivity contribution >= 4 is 5.69 Å². The van der Waals surface area contributed by atoms with Crippen LogP contribution in [0.1, 0.15) is 12.5 Å². The molecule has 0 amide bonds. The quantitative estimate of drug-likeness (QED) is 0.629. The molecule has 0 aromatic heterocycles. The normalized spacial score (nSPS) is 12.2. The summed E-state index contributed by atoms with van der Waals surface area (Å²) in [6.07, 6.45) is -0.628. The summed E-state index contributed by atoms with van der Waals surface area (Å²) in [7, 11) is 1.27. The van der Waals surface area contributed by atoms with Crippen LogP contribution >= 0.6 is 0 Å². The van der Waals surface area contributed by atoms with Crippen LogP contribution in [0.5, 0.6) is 5.75 Å². The van der Waals surface area contributed by atoms with Crippen LogP contribution in [0.15, 0.2) is 12.1 Å². The van der Waals surface area contributed by atoms with Crippen molar-refractivity contribution in [3.8, 4) is 5.75 Å². The van der Waals surface area contributed by atoms with Gasteiger partial charge in [-0.1, -0.05) is 0 Å². The Labute approximate surface area is 91.6 Å². The fourth-order valence-corrected chi connectivity index (χ4v) is 1.44. The van der Waals surface area contributed by atoms with Gasteiger partial charge in [-0.25, -0.2) is 4.39 Å². The van der Waals surface area contributed by atoms with E-state index in [4.69, 9.17) is 4.74 Å². The first-order valence-electron chi connectivity index (χ1n) is 4.64. The molecule has 1 aromatic rings. The summed E-state index contributed by atoms with van der Waals surface area (Å²) in [5, 5.41) is 19.7. The summed E-state index contributed by atoms with van der Waals surface area (Å²) in [6.45, 7) is 1.51. The zero-order chi connectivity index (χ0) is 12.3. The van der Waals surface area contributed by atoms with Crippen molar-refractivity contribution in [2.45, 2.75) is 19.4 Å². The Balaban J connectivity index is 3.25. The number of halogens is 1. The summed E-state index contributed by atoms with van der Waals surface area (Å²) in [6, 6.07) is 2.00. The molecule has 1 atom stereocenters. The van der Waals surface area contributed by atoms with E-state index < -0.39 is 16.8 Å². The second kappa shape index (κ2) is 4.89. The summed E-state index contributed by atoms with van der Waals surface area (Å²) < 4.78 is 18.2. The van der Waals surface area contributed by atoms with E-state index in [0.29, 0.717) is 0 Å². The Bertz CT molecular complexity index is 406. The third kappa shape index (κ3) is 2.66. The topological polar surface area (TPSA) is 72.6 Å². The summed E-state index contributed by atoms with van der Waals surface area (Å²) >= 11 is 0. The highest BCUT2D eigenvalue weighted by Gasteiger charge is 2.18. The molecule has 0 aliphatic rings. The van der Waals surface area contributed by atoms with Crippen LogP contribution in [0.25, 0.3) is 0 Å². The van der Waals surface area contributed by atoms with Gasteiger partial charge in [0, 0.05) is 18.1 Å². The van der Waals surface area contributed by atoms with E-state index in [9.17, 15) is 19.6 Å². The minimum Gasteiger partial charge on any atom is -0.493 e. The van der Waals surface area contributed by atoms with Crippen LogP contribution in [-0.4, -0.2) is 23.2 Å². The molecule has 0 spiro atoms. The zero-order valence-electron chi connectivity index (χ0n) is 8.94. The van der Waals surface area contributed by atoms with Crippen molar-refractivity contribution in [1.82, 2.24) is 0 Å². The number of ether oxygens (including phenoxy) is 1. The number of nitro benzene ring substituents is 1. The average Bonchev–Trinajstić information content (AvgIpc) is 2.16. The molecule has 88 valence electrons. The Morgan fingerprint density at radius 1 is 1.62 bits per heavy atom. The molecule has 1 aromatic carbocycles. The number of nitrogens with zero attached hydrogens (tertiary/aromatic N) is 1. The van der Waals surface area contributed by atoms with Crippen LogP contribution in [0.4, 0.5) is 10.1 Å². The van der Waals surface area contributed by atoms with Crippen molar-refractivity contribution in [3.05, 3.63) is 33.6 Å². The Morgan fingerprint density at radius 2 is 2.25 bits per heavy atom. The van der Waals surface area contributed by atoms with Gasteiger partial charge < -0.3 is 9.84 Å². The molecule has 0 saturated heterocycles. The zero-order valence-corrected chi connectivity index (χ0v) is 8.94. The lowest BCUT2D eigenvalue weighted by Crippen LogP contribution is -2.07. The second-order valence-electron chi connectivity index (χ2n) is 3.43. The second-order valence-corrected chi connectivity index (χ2v) is 3.43. The Kier molecular flexibility index (Phi) is 3.78. The van der Waals surface area contributed by atoms with Gasteiger partial charge in [0.15, 0.2) is 11.6 Å². The number of hydrogen-bond acceptors (Lipinski definition) is 4. The number of aliphatic hydroxyl groups is 1. The van der Waals surface area contributed by atoms with E-state index in [1.54, 1.807) is 0 Å². The van der Waals surface area contributed by atoms with Crippen LogP contribution in [0, 0.1) is 15.9 Å². The van der Waals surface area contributed by atoms with Crippen LogP contribution in [0.2, 0.25) is 0 Å². The molecule has 1 unspecified atom stereocenters. The molecular formula is C10H12FNO4. The molecule has 1 N–H and O–H groups in total. The number of benzene rings is 1. The molecule has 16 heavy (non-hydrogen) atoms. The number of hydrogen-bond donors (Lipinski definition) is 1. The molecule has 0 heterocycles. The molecule has 0 fully saturated rings. The molecule has 6 heteroatoms. The number of aliphatic hydroxyl groups excluding tert-OH is 1. The van der Waals surface area contributed by atoms with Crippen molar-refractivity contribution in [1.29, 1.82) is 0 Å². The molecule has 1 rings (SSSR count). The SMILES string of the molecule is COc1c(F)cc([N+](=O)[O-])cc1CC(C)O. The molecule has 0 bridgehead atoms. The first-order valence-corrected chi connectivity index (χ1v) is 4.64. The van der Waals surface area contributed by atoms with Crippen molar-refractivity contribution < 1.29 is 19.2 Å².